The minimum Gasteiger partial charge on any atom is -0.493 e. The van der Waals surface area contributed by atoms with Crippen molar-refractivity contribution in [2.75, 3.05) is 6.61 Å². The number of ether oxygens (including phenoxy) is 1. The molecule has 0 amide bonds. The lowest BCUT2D eigenvalue weighted by Gasteiger charge is -2.48. The van der Waals surface area contributed by atoms with Gasteiger partial charge in [0.15, 0.2) is 0 Å². The van der Waals surface area contributed by atoms with Crippen molar-refractivity contribution in [2.45, 2.75) is 65.7 Å². The third-order valence-corrected chi connectivity index (χ3v) is 8.14. The van der Waals surface area contributed by atoms with Gasteiger partial charge in [0, 0.05) is 5.56 Å². The van der Waals surface area contributed by atoms with Gasteiger partial charge in [0.25, 0.3) is 0 Å². The lowest BCUT2D eigenvalue weighted by molar-refractivity contribution is 0.0146. The van der Waals surface area contributed by atoms with Crippen molar-refractivity contribution in [3.8, 4) is 5.75 Å². The lowest BCUT2D eigenvalue weighted by Crippen LogP contribution is -2.41. The van der Waals surface area contributed by atoms with Crippen LogP contribution in [0.25, 0.3) is 6.08 Å². The predicted octanol–water partition coefficient (Wildman–Crippen LogP) is 6.30. The highest BCUT2D eigenvalue weighted by Gasteiger charge is 2.52. The molecule has 0 bridgehead atoms. The first-order valence-electron chi connectivity index (χ1n) is 10.5. The summed E-state index contributed by atoms with van der Waals surface area (Å²) in [7, 11) is 0. The van der Waals surface area contributed by atoms with E-state index in [2.05, 4.69) is 39.5 Å². The molecule has 1 nitrogen and oxygen atoms in total. The fraction of sp³-hybridized carbons (Fsp3) is 0.667. The average molecular weight is 339 g/mol. The molecular formula is C24H34O. The Labute approximate surface area is 153 Å². The van der Waals surface area contributed by atoms with E-state index in [1.165, 1.54) is 50.5 Å². The van der Waals surface area contributed by atoms with Crippen molar-refractivity contribution in [2.24, 2.45) is 29.1 Å². The van der Waals surface area contributed by atoms with E-state index in [-0.39, 0.29) is 0 Å². The monoisotopic (exact) mass is 338 g/mol. The third-order valence-electron chi connectivity index (χ3n) is 8.14. The summed E-state index contributed by atoms with van der Waals surface area (Å²) in [6, 6.07) is 4.70. The number of hydrogen-bond donors (Lipinski definition) is 0. The summed E-state index contributed by atoms with van der Waals surface area (Å²) >= 11 is 0. The van der Waals surface area contributed by atoms with E-state index in [9.17, 15) is 0 Å². The minimum atomic E-state index is 0.612. The van der Waals surface area contributed by atoms with E-state index in [0.717, 1.165) is 36.0 Å². The smallest absolute Gasteiger partial charge is 0.126 e. The molecule has 136 valence electrons. The van der Waals surface area contributed by atoms with Gasteiger partial charge in [0.05, 0.1) is 6.61 Å². The highest BCUT2D eigenvalue weighted by atomic mass is 16.5. The molecule has 0 spiro atoms. The SMILES string of the molecule is C=Cc1cc2c(cc1OCC)CC1CCC3(C)C(C)CCC3C1CC2. The van der Waals surface area contributed by atoms with Crippen LogP contribution in [0.4, 0.5) is 0 Å². The fourth-order valence-corrected chi connectivity index (χ4v) is 6.47. The van der Waals surface area contributed by atoms with Gasteiger partial charge in [0.1, 0.15) is 5.75 Å². The van der Waals surface area contributed by atoms with Crippen LogP contribution in [0.1, 0.15) is 69.6 Å². The number of rotatable bonds is 3. The number of aryl methyl sites for hydroxylation is 1. The summed E-state index contributed by atoms with van der Waals surface area (Å²) in [5.41, 5.74) is 4.89. The summed E-state index contributed by atoms with van der Waals surface area (Å²) < 4.78 is 5.90. The molecule has 1 aromatic carbocycles. The summed E-state index contributed by atoms with van der Waals surface area (Å²) in [6.45, 7) is 11.9. The van der Waals surface area contributed by atoms with Crippen molar-refractivity contribution in [3.63, 3.8) is 0 Å². The van der Waals surface area contributed by atoms with E-state index in [1.54, 1.807) is 11.1 Å². The van der Waals surface area contributed by atoms with Crippen LogP contribution in [0.3, 0.4) is 0 Å². The summed E-state index contributed by atoms with van der Waals surface area (Å²) in [5.74, 6) is 4.72. The van der Waals surface area contributed by atoms with Crippen LogP contribution in [0.15, 0.2) is 18.7 Å². The van der Waals surface area contributed by atoms with Crippen LogP contribution < -0.4 is 4.74 Å². The average Bonchev–Trinajstić information content (AvgIpc) is 2.80. The Morgan fingerprint density at radius 3 is 2.80 bits per heavy atom. The number of fused-ring (bicyclic) bond motifs is 4. The molecule has 5 atom stereocenters. The molecule has 0 aromatic heterocycles. The normalized spacial score (nSPS) is 36.8. The van der Waals surface area contributed by atoms with Crippen LogP contribution in [0.2, 0.25) is 0 Å². The minimum absolute atomic E-state index is 0.612. The predicted molar refractivity (Wildman–Crippen MR) is 106 cm³/mol. The van der Waals surface area contributed by atoms with Gasteiger partial charge in [-0.15, -0.1) is 0 Å². The van der Waals surface area contributed by atoms with Crippen molar-refractivity contribution in [1.29, 1.82) is 0 Å². The molecule has 2 saturated carbocycles. The number of benzene rings is 1. The van der Waals surface area contributed by atoms with Crippen molar-refractivity contribution in [3.05, 3.63) is 35.4 Å². The lowest BCUT2D eigenvalue weighted by atomic mass is 9.57. The standard InChI is InChI=1S/C24H34O/c1-5-17-13-18-8-9-21-19(14-20(18)15-23(17)25-6-2)11-12-24(4)16(3)7-10-22(21)24/h5,13,15-16,19,21-22H,1,6-12,14H2,2-4H3. The Morgan fingerprint density at radius 2 is 2.04 bits per heavy atom. The molecule has 5 unspecified atom stereocenters. The molecule has 2 fully saturated rings. The Kier molecular flexibility index (Phi) is 4.46. The maximum absolute atomic E-state index is 5.90. The zero-order valence-corrected chi connectivity index (χ0v) is 16.3. The van der Waals surface area contributed by atoms with E-state index in [0.29, 0.717) is 5.41 Å². The molecule has 1 aromatic rings. The van der Waals surface area contributed by atoms with Gasteiger partial charge in [0.2, 0.25) is 0 Å². The molecule has 3 aliphatic rings. The van der Waals surface area contributed by atoms with E-state index in [4.69, 9.17) is 4.74 Å². The fourth-order valence-electron chi connectivity index (χ4n) is 6.47. The Balaban J connectivity index is 1.65. The van der Waals surface area contributed by atoms with E-state index in [1.807, 2.05) is 6.08 Å². The maximum Gasteiger partial charge on any atom is 0.126 e. The first kappa shape index (κ1) is 17.2. The molecular weight excluding hydrogens is 304 g/mol. The topological polar surface area (TPSA) is 9.23 Å². The molecule has 1 heteroatoms. The number of hydrogen-bond acceptors (Lipinski definition) is 1. The highest BCUT2D eigenvalue weighted by molar-refractivity contribution is 5.59. The molecule has 0 aliphatic heterocycles. The second kappa shape index (κ2) is 6.49. The molecule has 0 saturated heterocycles. The second-order valence-electron chi connectivity index (χ2n) is 9.09. The maximum atomic E-state index is 5.90. The molecule has 25 heavy (non-hydrogen) atoms. The Morgan fingerprint density at radius 1 is 1.20 bits per heavy atom. The van der Waals surface area contributed by atoms with Crippen molar-refractivity contribution in [1.82, 2.24) is 0 Å². The zero-order chi connectivity index (χ0) is 17.6. The molecule has 3 aliphatic carbocycles. The third kappa shape index (κ3) is 2.75. The summed E-state index contributed by atoms with van der Waals surface area (Å²) in [4.78, 5) is 0. The van der Waals surface area contributed by atoms with Crippen molar-refractivity contribution < 1.29 is 4.74 Å². The van der Waals surface area contributed by atoms with Crippen molar-refractivity contribution >= 4 is 6.08 Å². The van der Waals surface area contributed by atoms with E-state index < -0.39 is 0 Å². The van der Waals surface area contributed by atoms with Gasteiger partial charge in [-0.3, -0.25) is 0 Å². The summed E-state index contributed by atoms with van der Waals surface area (Å²) in [6.07, 6.45) is 11.6. The Hall–Kier alpha value is -1.24. The quantitative estimate of drug-likeness (QED) is 0.629. The molecule has 0 heterocycles. The van der Waals surface area contributed by atoms with Gasteiger partial charge in [-0.25, -0.2) is 0 Å². The van der Waals surface area contributed by atoms with Gasteiger partial charge in [-0.1, -0.05) is 26.5 Å². The van der Waals surface area contributed by atoms with Crippen LogP contribution >= 0.6 is 0 Å². The van der Waals surface area contributed by atoms with Crippen LogP contribution in [-0.4, -0.2) is 6.61 Å². The first-order valence-corrected chi connectivity index (χ1v) is 10.5. The first-order chi connectivity index (χ1) is 12.1. The van der Waals surface area contributed by atoms with Crippen LogP contribution in [0, 0.1) is 29.1 Å². The molecule has 0 N–H and O–H groups in total. The zero-order valence-electron chi connectivity index (χ0n) is 16.3. The Bertz CT molecular complexity index is 660. The second-order valence-corrected chi connectivity index (χ2v) is 9.09. The highest BCUT2D eigenvalue weighted by Crippen LogP contribution is 2.60. The van der Waals surface area contributed by atoms with Gasteiger partial charge >= 0.3 is 0 Å². The largest absolute Gasteiger partial charge is 0.493 e. The molecule has 4 rings (SSSR count). The van der Waals surface area contributed by atoms with Crippen LogP contribution in [-0.2, 0) is 12.8 Å². The summed E-state index contributed by atoms with van der Waals surface area (Å²) in [5, 5.41) is 0. The van der Waals surface area contributed by atoms with E-state index >= 15 is 0 Å². The van der Waals surface area contributed by atoms with Gasteiger partial charge in [-0.05, 0) is 104 Å². The van der Waals surface area contributed by atoms with Gasteiger partial charge < -0.3 is 4.74 Å². The van der Waals surface area contributed by atoms with Gasteiger partial charge in [-0.2, -0.15) is 0 Å². The van der Waals surface area contributed by atoms with Crippen LogP contribution in [0.5, 0.6) is 5.75 Å². The molecule has 0 radical (unpaired) electrons.